The number of ether oxygens (including phenoxy) is 2. The molecule has 2 heterocycles. The minimum absolute atomic E-state index is 0.00126. The first-order chi connectivity index (χ1) is 12.1. The first-order valence-corrected chi connectivity index (χ1v) is 8.07. The summed E-state index contributed by atoms with van der Waals surface area (Å²) in [6.07, 6.45) is -13.3. The summed E-state index contributed by atoms with van der Waals surface area (Å²) in [6, 6.07) is -1.21. The minimum Gasteiger partial charge on any atom is -0.343 e. The molecule has 1 saturated heterocycles. The van der Waals surface area contributed by atoms with E-state index in [2.05, 4.69) is 5.10 Å². The Morgan fingerprint density at radius 3 is 2.19 bits per heavy atom. The molecule has 2 unspecified atom stereocenters. The highest BCUT2D eigenvalue weighted by atomic mass is 19.4. The van der Waals surface area contributed by atoms with Crippen LogP contribution in [0.2, 0.25) is 0 Å². The van der Waals surface area contributed by atoms with Gasteiger partial charge in [-0.3, -0.25) is 9.48 Å². The van der Waals surface area contributed by atoms with Gasteiger partial charge in [0.15, 0.2) is 17.6 Å². The van der Waals surface area contributed by atoms with Gasteiger partial charge in [-0.1, -0.05) is 0 Å². The number of carbonyl (C=O) groups is 1. The van der Waals surface area contributed by atoms with Crippen molar-refractivity contribution >= 4 is 5.78 Å². The number of carbonyl (C=O) groups excluding carboxylic acids is 1. The maximum atomic E-state index is 13.7. The molecule has 2 fully saturated rings. The van der Waals surface area contributed by atoms with Crippen molar-refractivity contribution in [1.29, 1.82) is 0 Å². The Kier molecular flexibility index (Phi) is 3.89. The van der Waals surface area contributed by atoms with Gasteiger partial charge in [0.25, 0.3) is 0 Å². The van der Waals surface area contributed by atoms with E-state index in [0.717, 1.165) is 0 Å². The van der Waals surface area contributed by atoms with E-state index in [4.69, 9.17) is 9.47 Å². The third kappa shape index (κ3) is 2.47. The normalized spacial score (nSPS) is 33.8. The van der Waals surface area contributed by atoms with Crippen molar-refractivity contribution in [3.8, 4) is 0 Å². The molecule has 1 spiro atoms. The largest absolute Gasteiger partial charge is 0.435 e. The zero-order valence-corrected chi connectivity index (χ0v) is 13.2. The van der Waals surface area contributed by atoms with Crippen LogP contribution in [0.1, 0.15) is 47.1 Å². The molecule has 0 bridgehead atoms. The van der Waals surface area contributed by atoms with Crippen LogP contribution in [-0.4, -0.2) is 47.3 Å². The molecule has 2 aliphatic carbocycles. The first-order valence-electron chi connectivity index (χ1n) is 8.07. The summed E-state index contributed by atoms with van der Waals surface area (Å²) >= 11 is 0. The average molecular weight is 384 g/mol. The Bertz CT molecular complexity index is 730. The van der Waals surface area contributed by atoms with Gasteiger partial charge < -0.3 is 9.47 Å². The molecule has 1 aliphatic heterocycles. The Labute approximate surface area is 143 Å². The van der Waals surface area contributed by atoms with Crippen LogP contribution in [-0.2, 0) is 21.4 Å². The molecular formula is C15H14F6N2O3. The van der Waals surface area contributed by atoms with Crippen LogP contribution in [0.4, 0.5) is 26.3 Å². The molecule has 144 valence electrons. The Hall–Kier alpha value is -1.62. The van der Waals surface area contributed by atoms with Crippen molar-refractivity contribution in [3.63, 3.8) is 0 Å². The molecular weight excluding hydrogens is 370 g/mol. The number of hydrogen-bond donors (Lipinski definition) is 0. The number of ketones is 1. The van der Waals surface area contributed by atoms with Gasteiger partial charge in [-0.2, -0.15) is 18.3 Å². The van der Waals surface area contributed by atoms with E-state index in [1.807, 2.05) is 0 Å². The van der Waals surface area contributed by atoms with Gasteiger partial charge in [0.1, 0.15) is 18.0 Å². The van der Waals surface area contributed by atoms with E-state index in [-0.39, 0.29) is 13.2 Å². The number of halogens is 6. The summed E-state index contributed by atoms with van der Waals surface area (Å²) in [7, 11) is 0. The fourth-order valence-corrected chi connectivity index (χ4v) is 3.91. The van der Waals surface area contributed by atoms with Crippen LogP contribution in [0.3, 0.4) is 0 Å². The smallest absolute Gasteiger partial charge is 0.343 e. The number of fused-ring (bicyclic) bond motifs is 2. The summed E-state index contributed by atoms with van der Waals surface area (Å²) in [5.41, 5.74) is -2.37. The topological polar surface area (TPSA) is 53.4 Å². The van der Waals surface area contributed by atoms with Crippen molar-refractivity contribution < 1.29 is 40.6 Å². The molecule has 26 heavy (non-hydrogen) atoms. The van der Waals surface area contributed by atoms with Gasteiger partial charge in [0, 0.05) is 12.8 Å². The molecule has 3 aliphatic rings. The van der Waals surface area contributed by atoms with Crippen LogP contribution in [0.25, 0.3) is 0 Å². The number of alkyl halides is 6. The quantitative estimate of drug-likeness (QED) is 0.699. The fourth-order valence-electron chi connectivity index (χ4n) is 3.91. The average Bonchev–Trinajstić information content (AvgIpc) is 3.22. The van der Waals surface area contributed by atoms with E-state index in [1.165, 1.54) is 0 Å². The second-order valence-electron chi connectivity index (χ2n) is 6.67. The molecule has 1 aromatic heterocycles. The first kappa shape index (κ1) is 17.8. The predicted octanol–water partition coefficient (Wildman–Crippen LogP) is 3.04. The molecule has 1 aromatic rings. The van der Waals surface area contributed by atoms with E-state index in [1.54, 1.807) is 0 Å². The number of aromatic nitrogens is 2. The van der Waals surface area contributed by atoms with Crippen LogP contribution in [0, 0.1) is 0 Å². The molecule has 0 radical (unpaired) electrons. The van der Waals surface area contributed by atoms with Crippen molar-refractivity contribution in [2.75, 3.05) is 13.2 Å². The monoisotopic (exact) mass is 384 g/mol. The molecule has 11 heteroatoms. The standard InChI is InChI=1S/C15H14F6N2O3/c16-7-3-6(4-8(17)11(7)18)23-12-9(24)5-14(25-1-2-26-14)10(12)13(22-23)15(19,20)21/h6-8,11H,1-5H2/t6?,7-,8+,11?. The van der Waals surface area contributed by atoms with E-state index >= 15 is 0 Å². The predicted molar refractivity (Wildman–Crippen MR) is 72.7 cm³/mol. The van der Waals surface area contributed by atoms with Gasteiger partial charge in [-0.25, -0.2) is 13.2 Å². The van der Waals surface area contributed by atoms with Crippen molar-refractivity contribution in [2.45, 2.75) is 55.8 Å². The fraction of sp³-hybridized carbons (Fsp3) is 0.733. The summed E-state index contributed by atoms with van der Waals surface area (Å²) in [4.78, 5) is 12.4. The third-order valence-electron chi connectivity index (χ3n) is 5.00. The minimum atomic E-state index is -4.93. The second kappa shape index (κ2) is 5.69. The van der Waals surface area contributed by atoms with Gasteiger partial charge in [0.05, 0.1) is 31.2 Å². The summed E-state index contributed by atoms with van der Waals surface area (Å²) in [5.74, 6) is -2.60. The number of Topliss-reactive ketones (excluding diaryl/α,β-unsaturated/α-hetero) is 1. The maximum absolute atomic E-state index is 13.7. The summed E-state index contributed by atoms with van der Waals surface area (Å²) in [6.45, 7) is 0.00251. The molecule has 0 aromatic carbocycles. The summed E-state index contributed by atoms with van der Waals surface area (Å²) in [5, 5.41) is 3.45. The van der Waals surface area contributed by atoms with Crippen molar-refractivity contribution in [3.05, 3.63) is 17.0 Å². The molecule has 4 atom stereocenters. The lowest BCUT2D eigenvalue weighted by atomic mass is 9.90. The molecule has 0 amide bonds. The van der Waals surface area contributed by atoms with Crippen LogP contribution in [0.15, 0.2) is 0 Å². The highest BCUT2D eigenvalue weighted by molar-refractivity contribution is 6.00. The number of rotatable bonds is 1. The van der Waals surface area contributed by atoms with Crippen LogP contribution in [0.5, 0.6) is 0 Å². The van der Waals surface area contributed by atoms with Gasteiger partial charge in [-0.15, -0.1) is 0 Å². The van der Waals surface area contributed by atoms with Crippen molar-refractivity contribution in [2.24, 2.45) is 0 Å². The molecule has 5 nitrogen and oxygen atoms in total. The molecule has 4 rings (SSSR count). The van der Waals surface area contributed by atoms with Crippen molar-refractivity contribution in [1.82, 2.24) is 9.78 Å². The lowest BCUT2D eigenvalue weighted by molar-refractivity contribution is -0.173. The zero-order valence-electron chi connectivity index (χ0n) is 13.2. The van der Waals surface area contributed by atoms with Gasteiger partial charge in [-0.05, 0) is 0 Å². The van der Waals surface area contributed by atoms with E-state index in [0.29, 0.717) is 4.68 Å². The van der Waals surface area contributed by atoms with Gasteiger partial charge in [0.2, 0.25) is 5.79 Å². The third-order valence-corrected chi connectivity index (χ3v) is 5.00. The maximum Gasteiger partial charge on any atom is 0.435 e. The lowest BCUT2D eigenvalue weighted by Crippen LogP contribution is -2.38. The molecule has 1 saturated carbocycles. The zero-order chi connectivity index (χ0) is 18.9. The Morgan fingerprint density at radius 1 is 1.08 bits per heavy atom. The van der Waals surface area contributed by atoms with Crippen LogP contribution < -0.4 is 0 Å². The highest BCUT2D eigenvalue weighted by Crippen LogP contribution is 2.50. The Morgan fingerprint density at radius 2 is 1.65 bits per heavy atom. The number of nitrogens with zero attached hydrogens (tertiary/aromatic N) is 2. The number of hydrogen-bond acceptors (Lipinski definition) is 4. The SMILES string of the molecule is O=C1CC2(OCCO2)c2c(C(F)(F)F)nn(C3C[C@@H](F)C(F)[C@@H](F)C3)c21. The second-order valence-corrected chi connectivity index (χ2v) is 6.67. The Balaban J connectivity index is 1.84. The summed E-state index contributed by atoms with van der Waals surface area (Å²) < 4.78 is 92.6. The van der Waals surface area contributed by atoms with Crippen LogP contribution >= 0.6 is 0 Å². The van der Waals surface area contributed by atoms with E-state index in [9.17, 15) is 31.1 Å². The van der Waals surface area contributed by atoms with E-state index < -0.39 is 78.5 Å². The molecule has 0 N–H and O–H groups in total. The highest BCUT2D eigenvalue weighted by Gasteiger charge is 2.58. The van der Waals surface area contributed by atoms with Gasteiger partial charge >= 0.3 is 6.18 Å². The lowest BCUT2D eigenvalue weighted by Gasteiger charge is -2.30.